The third-order valence-corrected chi connectivity index (χ3v) is 3.01. The molecule has 0 bridgehead atoms. The number of ether oxygens (including phenoxy) is 2. The Kier molecular flexibility index (Phi) is 5.03. The van der Waals surface area contributed by atoms with E-state index in [-0.39, 0.29) is 5.41 Å². The van der Waals surface area contributed by atoms with E-state index in [4.69, 9.17) is 9.47 Å². The normalized spacial score (nSPS) is 24.4. The van der Waals surface area contributed by atoms with Gasteiger partial charge in [-0.15, -0.1) is 0 Å². The lowest BCUT2D eigenvalue weighted by atomic mass is 9.87. The first-order valence-corrected chi connectivity index (χ1v) is 5.90. The molecule has 0 radical (unpaired) electrons. The molecule has 0 aliphatic carbocycles. The van der Waals surface area contributed by atoms with Gasteiger partial charge in [-0.2, -0.15) is 0 Å². The highest BCUT2D eigenvalue weighted by Crippen LogP contribution is 2.19. The van der Waals surface area contributed by atoms with Crippen molar-refractivity contribution >= 4 is 0 Å². The van der Waals surface area contributed by atoms with Gasteiger partial charge in [-0.1, -0.05) is 20.8 Å². The molecule has 0 amide bonds. The summed E-state index contributed by atoms with van der Waals surface area (Å²) in [6.45, 7) is 9.09. The number of rotatable bonds is 5. The molecule has 0 spiro atoms. The molecule has 0 saturated carbocycles. The lowest BCUT2D eigenvalue weighted by Gasteiger charge is -2.30. The minimum absolute atomic E-state index is 0.241. The van der Waals surface area contributed by atoms with Crippen molar-refractivity contribution in [2.45, 2.75) is 45.8 Å². The molecule has 1 N–H and O–H groups in total. The molecule has 1 heterocycles. The fourth-order valence-electron chi connectivity index (χ4n) is 1.86. The number of hydrogen-bond donors (Lipinski definition) is 1. The summed E-state index contributed by atoms with van der Waals surface area (Å²) in [5, 5.41) is 3.30. The van der Waals surface area contributed by atoms with Crippen LogP contribution < -0.4 is 5.32 Å². The van der Waals surface area contributed by atoms with E-state index in [1.165, 1.54) is 6.42 Å². The average Bonchev–Trinajstić information content (AvgIpc) is 2.62. The van der Waals surface area contributed by atoms with E-state index in [1.807, 2.05) is 7.05 Å². The maximum absolute atomic E-state index is 5.71. The molecule has 15 heavy (non-hydrogen) atoms. The van der Waals surface area contributed by atoms with Crippen molar-refractivity contribution in [3.8, 4) is 0 Å². The van der Waals surface area contributed by atoms with Crippen LogP contribution >= 0.6 is 0 Å². The zero-order valence-corrected chi connectivity index (χ0v) is 10.5. The fraction of sp³-hybridized carbons (Fsp3) is 1.00. The van der Waals surface area contributed by atoms with Crippen LogP contribution in [0.3, 0.4) is 0 Å². The van der Waals surface area contributed by atoms with Crippen LogP contribution in [0.25, 0.3) is 0 Å². The quantitative estimate of drug-likeness (QED) is 0.759. The number of nitrogens with one attached hydrogen (secondary N) is 1. The summed E-state index contributed by atoms with van der Waals surface area (Å²) in [7, 11) is 1.99. The van der Waals surface area contributed by atoms with E-state index in [1.54, 1.807) is 0 Å². The molecule has 2 atom stereocenters. The van der Waals surface area contributed by atoms with Gasteiger partial charge in [0, 0.05) is 12.6 Å². The van der Waals surface area contributed by atoms with Crippen LogP contribution in [0, 0.1) is 5.41 Å². The van der Waals surface area contributed by atoms with Crippen molar-refractivity contribution in [1.82, 2.24) is 5.32 Å². The Bertz CT molecular complexity index is 171. The van der Waals surface area contributed by atoms with Gasteiger partial charge in [0.25, 0.3) is 0 Å². The molecule has 3 heteroatoms. The van der Waals surface area contributed by atoms with E-state index >= 15 is 0 Å². The highest BCUT2D eigenvalue weighted by atomic mass is 16.5. The van der Waals surface area contributed by atoms with Crippen LogP contribution in [0.4, 0.5) is 0 Å². The van der Waals surface area contributed by atoms with Crippen LogP contribution in [0.2, 0.25) is 0 Å². The fourth-order valence-corrected chi connectivity index (χ4v) is 1.86. The third kappa shape index (κ3) is 4.49. The summed E-state index contributed by atoms with van der Waals surface area (Å²) in [6, 6.07) is 0.402. The third-order valence-electron chi connectivity index (χ3n) is 3.01. The Hall–Kier alpha value is -0.120. The SMILES string of the molecule is CNC(COCC1CCCO1)C(C)(C)C. The minimum atomic E-state index is 0.241. The van der Waals surface area contributed by atoms with Crippen molar-refractivity contribution in [3.63, 3.8) is 0 Å². The predicted molar refractivity (Wildman–Crippen MR) is 62.1 cm³/mol. The maximum Gasteiger partial charge on any atom is 0.0809 e. The molecule has 1 saturated heterocycles. The van der Waals surface area contributed by atoms with Gasteiger partial charge in [0.05, 0.1) is 19.3 Å². The Morgan fingerprint density at radius 2 is 2.20 bits per heavy atom. The zero-order chi connectivity index (χ0) is 11.3. The van der Waals surface area contributed by atoms with Crippen molar-refractivity contribution in [2.75, 3.05) is 26.9 Å². The lowest BCUT2D eigenvalue weighted by Crippen LogP contribution is -2.42. The van der Waals surface area contributed by atoms with Crippen LogP contribution in [0.5, 0.6) is 0 Å². The smallest absolute Gasteiger partial charge is 0.0809 e. The summed E-state index contributed by atoms with van der Waals surface area (Å²) in [5.74, 6) is 0. The van der Waals surface area contributed by atoms with E-state index in [9.17, 15) is 0 Å². The van der Waals surface area contributed by atoms with E-state index < -0.39 is 0 Å². The van der Waals surface area contributed by atoms with Gasteiger partial charge in [-0.25, -0.2) is 0 Å². The molecular weight excluding hydrogens is 190 g/mol. The second kappa shape index (κ2) is 5.83. The van der Waals surface area contributed by atoms with Crippen LogP contribution in [0.1, 0.15) is 33.6 Å². The van der Waals surface area contributed by atoms with Gasteiger partial charge in [-0.3, -0.25) is 0 Å². The molecule has 1 rings (SSSR count). The summed E-state index contributed by atoms with van der Waals surface area (Å²) >= 11 is 0. The van der Waals surface area contributed by atoms with Gasteiger partial charge in [0.15, 0.2) is 0 Å². The predicted octanol–water partition coefficient (Wildman–Crippen LogP) is 1.82. The Labute approximate surface area is 93.5 Å². The second-order valence-corrected chi connectivity index (χ2v) is 5.38. The standard InChI is InChI=1S/C12H25NO2/c1-12(2,3)11(13-4)9-14-8-10-6-5-7-15-10/h10-11,13H,5-9H2,1-4H3. The van der Waals surface area contributed by atoms with Crippen LogP contribution in [0.15, 0.2) is 0 Å². The molecule has 90 valence electrons. The zero-order valence-electron chi connectivity index (χ0n) is 10.5. The van der Waals surface area contributed by atoms with Crippen LogP contribution in [-0.4, -0.2) is 39.0 Å². The Morgan fingerprint density at radius 1 is 1.47 bits per heavy atom. The Morgan fingerprint density at radius 3 is 2.67 bits per heavy atom. The highest BCUT2D eigenvalue weighted by Gasteiger charge is 2.24. The molecule has 0 aromatic heterocycles. The summed E-state index contributed by atoms with van der Waals surface area (Å²) in [5.41, 5.74) is 0.241. The van der Waals surface area contributed by atoms with Crippen LogP contribution in [-0.2, 0) is 9.47 Å². The van der Waals surface area contributed by atoms with Gasteiger partial charge in [0.2, 0.25) is 0 Å². The average molecular weight is 215 g/mol. The van der Waals surface area contributed by atoms with Crippen molar-refractivity contribution in [2.24, 2.45) is 5.41 Å². The molecule has 0 aromatic carbocycles. The Balaban J connectivity index is 2.16. The molecule has 0 aromatic rings. The monoisotopic (exact) mass is 215 g/mol. The number of likely N-dealkylation sites (N-methyl/N-ethyl adjacent to an activating group) is 1. The molecule has 1 aliphatic heterocycles. The topological polar surface area (TPSA) is 30.5 Å². The van der Waals surface area contributed by atoms with Crippen molar-refractivity contribution < 1.29 is 9.47 Å². The van der Waals surface area contributed by atoms with E-state index in [0.717, 1.165) is 26.2 Å². The second-order valence-electron chi connectivity index (χ2n) is 5.38. The van der Waals surface area contributed by atoms with Gasteiger partial charge in [-0.05, 0) is 25.3 Å². The molecule has 1 aliphatic rings. The molecule has 3 nitrogen and oxygen atoms in total. The first-order chi connectivity index (χ1) is 7.04. The molecular formula is C12H25NO2. The minimum Gasteiger partial charge on any atom is -0.377 e. The first kappa shape index (κ1) is 12.9. The van der Waals surface area contributed by atoms with E-state index in [0.29, 0.717) is 12.1 Å². The van der Waals surface area contributed by atoms with Crippen molar-refractivity contribution in [3.05, 3.63) is 0 Å². The van der Waals surface area contributed by atoms with Gasteiger partial charge >= 0.3 is 0 Å². The first-order valence-electron chi connectivity index (χ1n) is 5.90. The molecule has 2 unspecified atom stereocenters. The summed E-state index contributed by atoms with van der Waals surface area (Å²) in [6.07, 6.45) is 2.67. The summed E-state index contributed by atoms with van der Waals surface area (Å²) in [4.78, 5) is 0. The summed E-state index contributed by atoms with van der Waals surface area (Å²) < 4.78 is 11.2. The highest BCUT2D eigenvalue weighted by molar-refractivity contribution is 4.79. The van der Waals surface area contributed by atoms with Gasteiger partial charge in [0.1, 0.15) is 0 Å². The largest absolute Gasteiger partial charge is 0.377 e. The maximum atomic E-state index is 5.71. The van der Waals surface area contributed by atoms with Gasteiger partial charge < -0.3 is 14.8 Å². The molecule has 1 fully saturated rings. The van der Waals surface area contributed by atoms with E-state index in [2.05, 4.69) is 26.1 Å². The van der Waals surface area contributed by atoms with Crippen molar-refractivity contribution in [1.29, 1.82) is 0 Å². The lowest BCUT2D eigenvalue weighted by molar-refractivity contribution is 0.000228. The number of hydrogen-bond acceptors (Lipinski definition) is 3.